The maximum Gasteiger partial charge on any atom is 0.180 e. The van der Waals surface area contributed by atoms with Crippen LogP contribution in [0.4, 0.5) is 0 Å². The Balaban J connectivity index is 2.61. The lowest BCUT2D eigenvalue weighted by molar-refractivity contribution is 0.420. The number of nitrogens with zero attached hydrogens (tertiary/aromatic N) is 1. The summed E-state index contributed by atoms with van der Waals surface area (Å²) in [7, 11) is -3.29. The fourth-order valence-electron chi connectivity index (χ4n) is 1.28. The summed E-state index contributed by atoms with van der Waals surface area (Å²) in [5.74, 6) is 0. The molecule has 0 atom stereocenters. The predicted molar refractivity (Wildman–Crippen MR) is 55.0 cm³/mol. The molecule has 0 bridgehead atoms. The van der Waals surface area contributed by atoms with Crippen molar-refractivity contribution >= 4 is 9.84 Å². The van der Waals surface area contributed by atoms with Crippen LogP contribution in [0.3, 0.4) is 0 Å². The average molecular weight is 223 g/mol. The van der Waals surface area contributed by atoms with Crippen LogP contribution in [0, 0.1) is 0 Å². The zero-order valence-corrected chi connectivity index (χ0v) is 8.86. The lowest BCUT2D eigenvalue weighted by atomic mass is 10.2. The molecule has 0 saturated heterocycles. The minimum absolute atomic E-state index is 0.119. The maximum atomic E-state index is 11.4. The van der Waals surface area contributed by atoms with Crippen molar-refractivity contribution in [1.82, 2.24) is 5.16 Å². The van der Waals surface area contributed by atoms with Crippen molar-refractivity contribution in [2.24, 2.45) is 0 Å². The van der Waals surface area contributed by atoms with Gasteiger partial charge in [-0.25, -0.2) is 8.42 Å². The first-order valence-corrected chi connectivity index (χ1v) is 6.18. The Morgan fingerprint density at radius 1 is 1.20 bits per heavy atom. The van der Waals surface area contributed by atoms with Gasteiger partial charge in [0.05, 0.1) is 0 Å². The van der Waals surface area contributed by atoms with Crippen molar-refractivity contribution in [3.05, 3.63) is 36.6 Å². The third-order valence-electron chi connectivity index (χ3n) is 1.98. The Bertz CT molecular complexity index is 557. The van der Waals surface area contributed by atoms with Crippen molar-refractivity contribution in [1.29, 1.82) is 0 Å². The highest BCUT2D eigenvalue weighted by atomic mass is 32.2. The average Bonchev–Trinajstić information content (AvgIpc) is 2.67. The van der Waals surface area contributed by atoms with Gasteiger partial charge >= 0.3 is 0 Å². The van der Waals surface area contributed by atoms with Crippen LogP contribution in [0.2, 0.25) is 0 Å². The number of rotatable bonds is 2. The van der Waals surface area contributed by atoms with Gasteiger partial charge in [0.25, 0.3) is 0 Å². The zero-order valence-electron chi connectivity index (χ0n) is 8.04. The van der Waals surface area contributed by atoms with Gasteiger partial charge in [-0.05, 0) is 0 Å². The maximum absolute atomic E-state index is 11.4. The van der Waals surface area contributed by atoms with E-state index in [-0.39, 0.29) is 4.90 Å². The van der Waals surface area contributed by atoms with Gasteiger partial charge in [-0.1, -0.05) is 35.5 Å². The normalized spacial score (nSPS) is 11.5. The van der Waals surface area contributed by atoms with Gasteiger partial charge in [0.2, 0.25) is 0 Å². The summed E-state index contributed by atoms with van der Waals surface area (Å²) in [5.41, 5.74) is 1.09. The van der Waals surface area contributed by atoms with E-state index in [1.165, 1.54) is 0 Å². The van der Waals surface area contributed by atoms with Gasteiger partial charge in [0.15, 0.2) is 9.84 Å². The standard InChI is InChI=1S/C10H9NO3S/c1-15(12,13)9-7-14-11-10(9)8-5-3-2-4-6-8/h2-7H,1H3. The molecule has 1 heterocycles. The molecule has 78 valence electrons. The molecule has 0 spiro atoms. The SMILES string of the molecule is CS(=O)(=O)c1conc1-c1ccccc1. The lowest BCUT2D eigenvalue weighted by Crippen LogP contribution is -1.97. The first-order valence-electron chi connectivity index (χ1n) is 4.29. The topological polar surface area (TPSA) is 60.2 Å². The number of benzene rings is 1. The number of sulfone groups is 1. The molecule has 2 rings (SSSR count). The van der Waals surface area contributed by atoms with Gasteiger partial charge < -0.3 is 4.52 Å². The van der Waals surface area contributed by atoms with Crippen LogP contribution in [0.5, 0.6) is 0 Å². The summed E-state index contributed by atoms with van der Waals surface area (Å²) < 4.78 is 27.5. The van der Waals surface area contributed by atoms with Gasteiger partial charge in [-0.15, -0.1) is 0 Å². The summed E-state index contributed by atoms with van der Waals surface area (Å²) in [6, 6.07) is 9.05. The van der Waals surface area contributed by atoms with Crippen LogP contribution in [-0.4, -0.2) is 19.8 Å². The highest BCUT2D eigenvalue weighted by Crippen LogP contribution is 2.25. The van der Waals surface area contributed by atoms with Crippen LogP contribution in [0.15, 0.2) is 46.0 Å². The Labute approximate surface area is 87.4 Å². The van der Waals surface area contributed by atoms with Crippen LogP contribution in [0.25, 0.3) is 11.3 Å². The Kier molecular flexibility index (Phi) is 2.32. The van der Waals surface area contributed by atoms with Crippen LogP contribution in [-0.2, 0) is 9.84 Å². The molecule has 0 fully saturated rings. The minimum Gasteiger partial charge on any atom is -0.363 e. The monoisotopic (exact) mass is 223 g/mol. The quantitative estimate of drug-likeness (QED) is 0.778. The molecule has 0 radical (unpaired) electrons. The van der Waals surface area contributed by atoms with E-state index in [0.29, 0.717) is 5.69 Å². The van der Waals surface area contributed by atoms with E-state index in [0.717, 1.165) is 18.1 Å². The third-order valence-corrected chi connectivity index (χ3v) is 3.07. The minimum atomic E-state index is -3.29. The molecule has 0 amide bonds. The lowest BCUT2D eigenvalue weighted by Gasteiger charge is -1.97. The summed E-state index contributed by atoms with van der Waals surface area (Å²) in [4.78, 5) is 0.119. The molecule has 0 aliphatic heterocycles. The van der Waals surface area contributed by atoms with Crippen molar-refractivity contribution in [2.45, 2.75) is 4.90 Å². The second kappa shape index (κ2) is 3.51. The molecular weight excluding hydrogens is 214 g/mol. The highest BCUT2D eigenvalue weighted by Gasteiger charge is 2.18. The van der Waals surface area contributed by atoms with E-state index in [2.05, 4.69) is 5.16 Å². The van der Waals surface area contributed by atoms with Crippen molar-refractivity contribution in [3.8, 4) is 11.3 Å². The van der Waals surface area contributed by atoms with Crippen LogP contribution < -0.4 is 0 Å². The molecule has 1 aromatic heterocycles. The van der Waals surface area contributed by atoms with Crippen LogP contribution >= 0.6 is 0 Å². The largest absolute Gasteiger partial charge is 0.363 e. The summed E-state index contributed by atoms with van der Waals surface area (Å²) in [5, 5.41) is 3.70. The predicted octanol–water partition coefficient (Wildman–Crippen LogP) is 1.75. The Morgan fingerprint density at radius 3 is 2.47 bits per heavy atom. The highest BCUT2D eigenvalue weighted by molar-refractivity contribution is 7.90. The Hall–Kier alpha value is -1.62. The van der Waals surface area contributed by atoms with Crippen molar-refractivity contribution in [2.75, 3.05) is 6.26 Å². The second-order valence-electron chi connectivity index (χ2n) is 3.17. The smallest absolute Gasteiger partial charge is 0.180 e. The fraction of sp³-hybridized carbons (Fsp3) is 0.100. The molecular formula is C10H9NO3S. The molecule has 0 unspecified atom stereocenters. The molecule has 0 saturated carbocycles. The molecule has 1 aromatic carbocycles. The molecule has 0 aliphatic carbocycles. The van der Waals surface area contributed by atoms with E-state index in [4.69, 9.17) is 4.52 Å². The molecule has 0 N–H and O–H groups in total. The zero-order chi connectivity index (χ0) is 10.9. The van der Waals surface area contributed by atoms with E-state index < -0.39 is 9.84 Å². The van der Waals surface area contributed by atoms with Crippen molar-refractivity contribution in [3.63, 3.8) is 0 Å². The number of aromatic nitrogens is 1. The van der Waals surface area contributed by atoms with E-state index in [1.807, 2.05) is 18.2 Å². The molecule has 0 aliphatic rings. The van der Waals surface area contributed by atoms with E-state index >= 15 is 0 Å². The number of hydrogen-bond acceptors (Lipinski definition) is 4. The molecule has 5 heteroatoms. The third kappa shape index (κ3) is 1.92. The fourth-order valence-corrected chi connectivity index (χ4v) is 2.01. The summed E-state index contributed by atoms with van der Waals surface area (Å²) in [6.07, 6.45) is 2.28. The van der Waals surface area contributed by atoms with Gasteiger partial charge in [-0.2, -0.15) is 0 Å². The summed E-state index contributed by atoms with van der Waals surface area (Å²) in [6.45, 7) is 0. The van der Waals surface area contributed by atoms with Crippen molar-refractivity contribution < 1.29 is 12.9 Å². The Morgan fingerprint density at radius 2 is 1.87 bits per heavy atom. The number of hydrogen-bond donors (Lipinski definition) is 0. The second-order valence-corrected chi connectivity index (χ2v) is 5.15. The van der Waals surface area contributed by atoms with Gasteiger partial charge in [-0.3, -0.25) is 0 Å². The first-order chi connectivity index (χ1) is 7.09. The molecule has 2 aromatic rings. The van der Waals surface area contributed by atoms with Gasteiger partial charge in [0.1, 0.15) is 16.9 Å². The summed E-state index contributed by atoms with van der Waals surface area (Å²) >= 11 is 0. The molecule has 15 heavy (non-hydrogen) atoms. The van der Waals surface area contributed by atoms with E-state index in [9.17, 15) is 8.42 Å². The van der Waals surface area contributed by atoms with E-state index in [1.54, 1.807) is 12.1 Å². The van der Waals surface area contributed by atoms with Gasteiger partial charge in [0, 0.05) is 11.8 Å². The molecule has 4 nitrogen and oxygen atoms in total. The van der Waals surface area contributed by atoms with Crippen LogP contribution in [0.1, 0.15) is 0 Å². The first kappa shape index (κ1) is 9.92.